The van der Waals surface area contributed by atoms with E-state index in [2.05, 4.69) is 65.0 Å². The Hall–Kier alpha value is -2.02. The van der Waals surface area contributed by atoms with Crippen molar-refractivity contribution in [1.29, 1.82) is 0 Å². The van der Waals surface area contributed by atoms with Crippen LogP contribution in [0.2, 0.25) is 0 Å². The summed E-state index contributed by atoms with van der Waals surface area (Å²) < 4.78 is 5.84. The highest BCUT2D eigenvalue weighted by Gasteiger charge is 2.00. The normalized spacial score (nSPS) is 9.96. The van der Waals surface area contributed by atoms with Gasteiger partial charge in [0.15, 0.2) is 0 Å². The molecule has 0 N–H and O–H groups in total. The van der Waals surface area contributed by atoms with Gasteiger partial charge in [-0.05, 0) is 74.9 Å². The van der Waals surface area contributed by atoms with Gasteiger partial charge in [0.1, 0.15) is 11.5 Å². The van der Waals surface area contributed by atoms with Crippen LogP contribution in [0.15, 0.2) is 60.2 Å². The van der Waals surface area contributed by atoms with Crippen LogP contribution in [0.1, 0.15) is 52.7 Å². The number of hydrogen-bond donors (Lipinski definition) is 0. The monoisotopic (exact) mass is 324 g/mol. The maximum absolute atomic E-state index is 5.84. The van der Waals surface area contributed by atoms with E-state index in [4.69, 9.17) is 4.74 Å². The van der Waals surface area contributed by atoms with E-state index in [0.717, 1.165) is 24.3 Å². The molecule has 0 atom stereocenters. The van der Waals surface area contributed by atoms with Crippen LogP contribution in [0.5, 0.6) is 11.5 Å². The van der Waals surface area contributed by atoms with E-state index in [-0.39, 0.29) is 0 Å². The van der Waals surface area contributed by atoms with Crippen LogP contribution in [0.3, 0.4) is 0 Å². The van der Waals surface area contributed by atoms with Gasteiger partial charge in [-0.2, -0.15) is 0 Å². The highest BCUT2D eigenvalue weighted by molar-refractivity contribution is 5.34. The summed E-state index contributed by atoms with van der Waals surface area (Å²) in [5.74, 6) is 2.49. The first-order chi connectivity index (χ1) is 11.4. The first-order valence-electron chi connectivity index (χ1n) is 8.89. The van der Waals surface area contributed by atoms with Gasteiger partial charge in [-0.3, -0.25) is 0 Å². The number of benzene rings is 2. The fourth-order valence-electron chi connectivity index (χ4n) is 2.09. The van der Waals surface area contributed by atoms with Gasteiger partial charge < -0.3 is 4.74 Å². The minimum absolute atomic E-state index is 0.688. The van der Waals surface area contributed by atoms with E-state index in [1.165, 1.54) is 16.7 Å². The van der Waals surface area contributed by atoms with Gasteiger partial charge in [-0.25, -0.2) is 0 Å². The highest BCUT2D eigenvalue weighted by atomic mass is 16.5. The quantitative estimate of drug-likeness (QED) is 0.528. The van der Waals surface area contributed by atoms with Crippen molar-refractivity contribution in [2.24, 2.45) is 5.92 Å². The molecule has 0 aromatic heterocycles. The third-order valence-corrected chi connectivity index (χ3v) is 3.71. The van der Waals surface area contributed by atoms with Crippen LogP contribution < -0.4 is 4.74 Å². The number of aryl methyl sites for hydroxylation is 1. The van der Waals surface area contributed by atoms with Gasteiger partial charge >= 0.3 is 0 Å². The topological polar surface area (TPSA) is 9.23 Å². The largest absolute Gasteiger partial charge is 0.457 e. The lowest BCUT2D eigenvalue weighted by molar-refractivity contribution is 0.482. The van der Waals surface area contributed by atoms with Gasteiger partial charge in [0.25, 0.3) is 0 Å². The Morgan fingerprint density at radius 1 is 0.875 bits per heavy atom. The average Bonchev–Trinajstić information content (AvgIpc) is 2.57. The van der Waals surface area contributed by atoms with Crippen molar-refractivity contribution in [2.45, 2.75) is 54.4 Å². The summed E-state index contributed by atoms with van der Waals surface area (Å²) in [6.07, 6.45) is 4.26. The molecule has 0 aliphatic rings. The molecule has 1 nitrogen and oxygen atoms in total. The predicted molar refractivity (Wildman–Crippen MR) is 106 cm³/mol. The zero-order valence-corrected chi connectivity index (χ0v) is 16.1. The van der Waals surface area contributed by atoms with E-state index in [9.17, 15) is 0 Å². The summed E-state index contributed by atoms with van der Waals surface area (Å²) in [6.45, 7) is 12.8. The summed E-state index contributed by atoms with van der Waals surface area (Å²) in [4.78, 5) is 0. The van der Waals surface area contributed by atoms with Crippen molar-refractivity contribution in [3.8, 4) is 11.5 Å². The second-order valence-corrected chi connectivity index (χ2v) is 6.71. The van der Waals surface area contributed by atoms with E-state index in [1.807, 2.05) is 31.2 Å². The zero-order valence-electron chi connectivity index (χ0n) is 16.1. The molecule has 0 fully saturated rings. The molecule has 2 aromatic rings. The molecule has 0 unspecified atom stereocenters. The molecule has 0 heterocycles. The van der Waals surface area contributed by atoms with Gasteiger partial charge in [0.05, 0.1) is 0 Å². The Labute approximate surface area is 148 Å². The minimum atomic E-state index is 0.688. The van der Waals surface area contributed by atoms with Crippen LogP contribution in [0.25, 0.3) is 0 Å². The first kappa shape index (κ1) is 20.0. The fraction of sp³-hybridized carbons (Fsp3) is 0.391. The first-order valence-corrected chi connectivity index (χ1v) is 8.89. The maximum atomic E-state index is 5.84. The molecule has 0 radical (unpaired) electrons. The van der Waals surface area contributed by atoms with Crippen molar-refractivity contribution in [3.05, 3.63) is 71.3 Å². The molecule has 2 aromatic carbocycles. The minimum Gasteiger partial charge on any atom is -0.457 e. The molecule has 0 saturated carbocycles. The van der Waals surface area contributed by atoms with Crippen LogP contribution in [0.4, 0.5) is 0 Å². The Morgan fingerprint density at radius 3 is 1.62 bits per heavy atom. The van der Waals surface area contributed by atoms with Crippen molar-refractivity contribution in [3.63, 3.8) is 0 Å². The lowest BCUT2D eigenvalue weighted by Crippen LogP contribution is -1.93. The van der Waals surface area contributed by atoms with E-state index in [0.29, 0.717) is 5.92 Å². The van der Waals surface area contributed by atoms with Crippen LogP contribution >= 0.6 is 0 Å². The number of rotatable bonds is 5. The van der Waals surface area contributed by atoms with Gasteiger partial charge in [-0.1, -0.05) is 56.7 Å². The molecule has 0 saturated heterocycles. The van der Waals surface area contributed by atoms with Crippen molar-refractivity contribution >= 4 is 0 Å². The highest BCUT2D eigenvalue weighted by Crippen LogP contribution is 2.22. The third-order valence-electron chi connectivity index (χ3n) is 3.71. The lowest BCUT2D eigenvalue weighted by Gasteiger charge is -2.08. The standard InChI is InChI=1S/C18H22O.C5H10/c1-4-15-5-9-17(10-6-15)19-18-11-7-16(8-12-18)13-14(2)3;1-4-5(2)3/h5-12,14H,4,13H2,1-3H3;4H,1-3H3. The van der Waals surface area contributed by atoms with Crippen molar-refractivity contribution in [2.75, 3.05) is 0 Å². The molecule has 0 aliphatic heterocycles. The molecular weight excluding hydrogens is 292 g/mol. The summed E-state index contributed by atoms with van der Waals surface area (Å²) in [6, 6.07) is 16.7. The fourth-order valence-corrected chi connectivity index (χ4v) is 2.09. The second-order valence-electron chi connectivity index (χ2n) is 6.71. The van der Waals surface area contributed by atoms with Crippen LogP contribution in [-0.2, 0) is 12.8 Å². The van der Waals surface area contributed by atoms with Crippen LogP contribution in [-0.4, -0.2) is 0 Å². The molecule has 0 amide bonds. The van der Waals surface area contributed by atoms with Gasteiger partial charge in [0, 0.05) is 0 Å². The molecule has 130 valence electrons. The Bertz CT molecular complexity index is 599. The zero-order chi connectivity index (χ0) is 17.9. The van der Waals surface area contributed by atoms with Crippen LogP contribution in [0, 0.1) is 5.92 Å². The smallest absolute Gasteiger partial charge is 0.127 e. The van der Waals surface area contributed by atoms with Gasteiger partial charge in [0.2, 0.25) is 0 Å². The number of allylic oxidation sites excluding steroid dienone is 2. The lowest BCUT2D eigenvalue weighted by atomic mass is 10.0. The average molecular weight is 325 g/mol. The summed E-state index contributed by atoms with van der Waals surface area (Å²) in [5, 5.41) is 0. The second kappa shape index (κ2) is 10.7. The molecule has 0 spiro atoms. The van der Waals surface area contributed by atoms with Crippen molar-refractivity contribution < 1.29 is 4.74 Å². The van der Waals surface area contributed by atoms with E-state index >= 15 is 0 Å². The molecule has 1 heteroatoms. The number of hydrogen-bond acceptors (Lipinski definition) is 1. The molecule has 2 rings (SSSR count). The molecular formula is C23H32O. The predicted octanol–water partition coefficient (Wildman–Crippen LogP) is 7.21. The Balaban J connectivity index is 0.000000505. The molecule has 24 heavy (non-hydrogen) atoms. The van der Waals surface area contributed by atoms with Crippen molar-refractivity contribution in [1.82, 2.24) is 0 Å². The SMILES string of the molecule is CC=C(C)C.CCc1ccc(Oc2ccc(CC(C)C)cc2)cc1. The third kappa shape index (κ3) is 8.01. The Kier molecular flexibility index (Phi) is 8.93. The summed E-state index contributed by atoms with van der Waals surface area (Å²) in [5.41, 5.74) is 4.08. The summed E-state index contributed by atoms with van der Waals surface area (Å²) >= 11 is 0. The number of ether oxygens (including phenoxy) is 1. The maximum Gasteiger partial charge on any atom is 0.127 e. The Morgan fingerprint density at radius 2 is 1.29 bits per heavy atom. The van der Waals surface area contributed by atoms with E-state index < -0.39 is 0 Å². The van der Waals surface area contributed by atoms with Gasteiger partial charge in [-0.15, -0.1) is 0 Å². The molecule has 0 aliphatic carbocycles. The summed E-state index contributed by atoms with van der Waals surface area (Å²) in [7, 11) is 0. The molecule has 0 bridgehead atoms. The van der Waals surface area contributed by atoms with E-state index in [1.54, 1.807) is 0 Å².